The molecule has 1 aliphatic rings. The van der Waals surface area contributed by atoms with Crippen LogP contribution in [0.4, 0.5) is 0 Å². The first kappa shape index (κ1) is 16.3. The number of amides is 1. The quantitative estimate of drug-likeness (QED) is 0.896. The summed E-state index contributed by atoms with van der Waals surface area (Å²) in [4.78, 5) is 18.0. The van der Waals surface area contributed by atoms with Gasteiger partial charge in [0.2, 0.25) is 0 Å². The standard InChI is InChI=1S/C18H24ClN3O/c1-12-4-3-7-22(11-12)13(2)10-20-18(23)17-8-14-5-6-15(19)9-16(14)21-17/h5-6,8-9,12-13,21H,3-4,7,10-11H2,1-2H3,(H,20,23). The number of nitrogens with one attached hydrogen (secondary N) is 2. The van der Waals surface area contributed by atoms with Crippen molar-refractivity contribution >= 4 is 28.4 Å². The summed E-state index contributed by atoms with van der Waals surface area (Å²) in [5, 5.41) is 4.71. The largest absolute Gasteiger partial charge is 0.350 e. The van der Waals surface area contributed by atoms with Gasteiger partial charge in [-0.05, 0) is 50.4 Å². The summed E-state index contributed by atoms with van der Waals surface area (Å²) in [7, 11) is 0. The molecule has 5 heteroatoms. The normalized spacial score (nSPS) is 20.6. The predicted octanol–water partition coefficient (Wildman–Crippen LogP) is 3.67. The lowest BCUT2D eigenvalue weighted by molar-refractivity contribution is 0.0913. The van der Waals surface area contributed by atoms with Crippen LogP contribution in [-0.4, -0.2) is 41.5 Å². The van der Waals surface area contributed by atoms with Crippen molar-refractivity contribution in [2.45, 2.75) is 32.7 Å². The van der Waals surface area contributed by atoms with Gasteiger partial charge in [0.15, 0.2) is 0 Å². The molecule has 2 heterocycles. The van der Waals surface area contributed by atoms with Gasteiger partial charge >= 0.3 is 0 Å². The minimum atomic E-state index is -0.0609. The minimum Gasteiger partial charge on any atom is -0.350 e. The third-order valence-electron chi connectivity index (χ3n) is 4.70. The van der Waals surface area contributed by atoms with E-state index < -0.39 is 0 Å². The Morgan fingerprint density at radius 2 is 2.30 bits per heavy atom. The second-order valence-corrected chi connectivity index (χ2v) is 7.15. The molecule has 1 aromatic carbocycles. The van der Waals surface area contributed by atoms with Gasteiger partial charge in [-0.25, -0.2) is 0 Å². The molecule has 23 heavy (non-hydrogen) atoms. The number of H-pyrrole nitrogens is 1. The zero-order chi connectivity index (χ0) is 16.4. The Labute approximate surface area is 142 Å². The first-order valence-electron chi connectivity index (χ1n) is 8.33. The molecule has 0 spiro atoms. The van der Waals surface area contributed by atoms with Gasteiger partial charge in [0.25, 0.3) is 5.91 Å². The summed E-state index contributed by atoms with van der Waals surface area (Å²) < 4.78 is 0. The van der Waals surface area contributed by atoms with E-state index in [1.165, 1.54) is 12.8 Å². The highest BCUT2D eigenvalue weighted by atomic mass is 35.5. The summed E-state index contributed by atoms with van der Waals surface area (Å²) in [6, 6.07) is 7.82. The number of nitrogens with zero attached hydrogens (tertiary/aromatic N) is 1. The Balaban J connectivity index is 1.59. The lowest BCUT2D eigenvalue weighted by Crippen LogP contribution is -2.46. The van der Waals surface area contributed by atoms with Crippen molar-refractivity contribution in [3.05, 3.63) is 35.0 Å². The topological polar surface area (TPSA) is 48.1 Å². The number of hydrogen-bond acceptors (Lipinski definition) is 2. The number of aromatic nitrogens is 1. The second kappa shape index (κ2) is 6.93. The van der Waals surface area contributed by atoms with Gasteiger partial charge in [0, 0.05) is 35.1 Å². The SMILES string of the molecule is CC1CCCN(C(C)CNC(=O)c2cc3ccc(Cl)cc3[nH]2)C1. The summed E-state index contributed by atoms with van der Waals surface area (Å²) in [6.07, 6.45) is 2.56. The van der Waals surface area contributed by atoms with Crippen LogP contribution in [0.1, 0.15) is 37.2 Å². The number of benzene rings is 1. The van der Waals surface area contributed by atoms with Crippen LogP contribution in [-0.2, 0) is 0 Å². The number of rotatable bonds is 4. The molecule has 124 valence electrons. The van der Waals surface area contributed by atoms with Crippen LogP contribution < -0.4 is 5.32 Å². The Morgan fingerprint density at radius 3 is 3.09 bits per heavy atom. The fourth-order valence-electron chi connectivity index (χ4n) is 3.31. The number of aromatic amines is 1. The Kier molecular flexibility index (Phi) is 4.93. The van der Waals surface area contributed by atoms with E-state index >= 15 is 0 Å². The molecule has 3 rings (SSSR count). The molecule has 2 N–H and O–H groups in total. The molecule has 2 atom stereocenters. The van der Waals surface area contributed by atoms with E-state index in [0.717, 1.165) is 29.9 Å². The lowest BCUT2D eigenvalue weighted by Gasteiger charge is -2.35. The smallest absolute Gasteiger partial charge is 0.267 e. The zero-order valence-electron chi connectivity index (χ0n) is 13.7. The number of hydrogen-bond donors (Lipinski definition) is 2. The number of fused-ring (bicyclic) bond motifs is 1. The van der Waals surface area contributed by atoms with Crippen molar-refractivity contribution in [2.24, 2.45) is 5.92 Å². The molecular formula is C18H24ClN3O. The fourth-order valence-corrected chi connectivity index (χ4v) is 3.48. The lowest BCUT2D eigenvalue weighted by atomic mass is 9.99. The molecule has 4 nitrogen and oxygen atoms in total. The van der Waals surface area contributed by atoms with E-state index in [2.05, 4.69) is 29.0 Å². The highest BCUT2D eigenvalue weighted by molar-refractivity contribution is 6.31. The number of halogens is 1. The first-order chi connectivity index (χ1) is 11.0. The average molecular weight is 334 g/mol. The third-order valence-corrected chi connectivity index (χ3v) is 4.93. The fraction of sp³-hybridized carbons (Fsp3) is 0.500. The molecule has 1 aliphatic heterocycles. The van der Waals surface area contributed by atoms with Crippen LogP contribution in [0, 0.1) is 5.92 Å². The maximum absolute atomic E-state index is 12.4. The predicted molar refractivity (Wildman–Crippen MR) is 95.1 cm³/mol. The molecule has 1 amide bonds. The van der Waals surface area contributed by atoms with E-state index in [1.54, 1.807) is 0 Å². The molecule has 2 aromatic rings. The molecule has 1 saturated heterocycles. The van der Waals surface area contributed by atoms with E-state index in [1.807, 2.05) is 24.3 Å². The van der Waals surface area contributed by atoms with Crippen LogP contribution in [0.15, 0.2) is 24.3 Å². The molecule has 1 aromatic heterocycles. The van der Waals surface area contributed by atoms with Crippen LogP contribution in [0.2, 0.25) is 5.02 Å². The van der Waals surface area contributed by atoms with Crippen molar-refractivity contribution in [1.82, 2.24) is 15.2 Å². The van der Waals surface area contributed by atoms with E-state index in [0.29, 0.717) is 23.3 Å². The van der Waals surface area contributed by atoms with E-state index in [-0.39, 0.29) is 5.91 Å². The highest BCUT2D eigenvalue weighted by Gasteiger charge is 2.21. The monoisotopic (exact) mass is 333 g/mol. The molecule has 0 radical (unpaired) electrons. The first-order valence-corrected chi connectivity index (χ1v) is 8.71. The van der Waals surface area contributed by atoms with Crippen LogP contribution in [0.3, 0.4) is 0 Å². The molecule has 0 bridgehead atoms. The van der Waals surface area contributed by atoms with Crippen molar-refractivity contribution < 1.29 is 4.79 Å². The number of piperidine rings is 1. The number of carbonyl (C=O) groups excluding carboxylic acids is 1. The van der Waals surface area contributed by atoms with Gasteiger partial charge in [-0.2, -0.15) is 0 Å². The van der Waals surface area contributed by atoms with Crippen LogP contribution in [0.25, 0.3) is 10.9 Å². The maximum Gasteiger partial charge on any atom is 0.267 e. The van der Waals surface area contributed by atoms with Crippen LogP contribution >= 0.6 is 11.6 Å². The summed E-state index contributed by atoms with van der Waals surface area (Å²) in [5.41, 5.74) is 1.47. The van der Waals surface area contributed by atoms with Gasteiger partial charge in [-0.3, -0.25) is 9.69 Å². The van der Waals surface area contributed by atoms with Crippen molar-refractivity contribution in [2.75, 3.05) is 19.6 Å². The number of carbonyl (C=O) groups is 1. The van der Waals surface area contributed by atoms with Crippen LogP contribution in [0.5, 0.6) is 0 Å². The van der Waals surface area contributed by atoms with E-state index in [9.17, 15) is 4.79 Å². The molecule has 0 saturated carbocycles. The molecular weight excluding hydrogens is 310 g/mol. The van der Waals surface area contributed by atoms with Gasteiger partial charge in [-0.15, -0.1) is 0 Å². The van der Waals surface area contributed by atoms with Gasteiger partial charge in [0.05, 0.1) is 0 Å². The van der Waals surface area contributed by atoms with Gasteiger partial charge < -0.3 is 10.3 Å². The number of likely N-dealkylation sites (tertiary alicyclic amines) is 1. The molecule has 2 unspecified atom stereocenters. The van der Waals surface area contributed by atoms with Gasteiger partial charge in [-0.1, -0.05) is 24.6 Å². The highest BCUT2D eigenvalue weighted by Crippen LogP contribution is 2.20. The Bertz CT molecular complexity index is 697. The van der Waals surface area contributed by atoms with Crippen molar-refractivity contribution in [3.63, 3.8) is 0 Å². The van der Waals surface area contributed by atoms with Gasteiger partial charge in [0.1, 0.15) is 5.69 Å². The summed E-state index contributed by atoms with van der Waals surface area (Å²) in [6.45, 7) is 7.41. The molecule has 1 fully saturated rings. The Hall–Kier alpha value is -1.52. The minimum absolute atomic E-state index is 0.0609. The average Bonchev–Trinajstić information content (AvgIpc) is 2.95. The summed E-state index contributed by atoms with van der Waals surface area (Å²) in [5.74, 6) is 0.689. The van der Waals surface area contributed by atoms with Crippen molar-refractivity contribution in [3.8, 4) is 0 Å². The van der Waals surface area contributed by atoms with Crippen molar-refractivity contribution in [1.29, 1.82) is 0 Å². The third kappa shape index (κ3) is 3.88. The van der Waals surface area contributed by atoms with E-state index in [4.69, 9.17) is 11.6 Å². The molecule has 0 aliphatic carbocycles. The summed E-state index contributed by atoms with van der Waals surface area (Å²) >= 11 is 5.98. The second-order valence-electron chi connectivity index (χ2n) is 6.72. The zero-order valence-corrected chi connectivity index (χ0v) is 14.5. The maximum atomic E-state index is 12.4. The Morgan fingerprint density at radius 1 is 1.48 bits per heavy atom.